The van der Waals surface area contributed by atoms with Crippen LogP contribution in [0.4, 0.5) is 5.69 Å². The molecule has 0 radical (unpaired) electrons. The molecule has 2 aliphatic rings. The zero-order valence-corrected chi connectivity index (χ0v) is 14.3. The minimum Gasteiger partial charge on any atom is -0.327 e. The summed E-state index contributed by atoms with van der Waals surface area (Å²) in [5, 5.41) is 0. The van der Waals surface area contributed by atoms with Crippen LogP contribution in [0.25, 0.3) is 0 Å². The lowest BCUT2D eigenvalue weighted by atomic mass is 9.82. The average Bonchev–Trinajstić information content (AvgIpc) is 2.90. The van der Waals surface area contributed by atoms with Gasteiger partial charge in [0.1, 0.15) is 0 Å². The fourth-order valence-corrected chi connectivity index (χ4v) is 4.46. The number of rotatable bonds is 1. The molecule has 1 aliphatic heterocycles. The fraction of sp³-hybridized carbons (Fsp3) is 0.278. The van der Waals surface area contributed by atoms with Gasteiger partial charge in [0.25, 0.3) is 5.91 Å². The van der Waals surface area contributed by atoms with Crippen molar-refractivity contribution in [1.82, 2.24) is 0 Å². The van der Waals surface area contributed by atoms with Gasteiger partial charge in [-0.05, 0) is 70.8 Å². The first kappa shape index (κ1) is 14.2. The van der Waals surface area contributed by atoms with Crippen LogP contribution in [-0.4, -0.2) is 18.5 Å². The van der Waals surface area contributed by atoms with Gasteiger partial charge in [-0.1, -0.05) is 18.2 Å². The first-order valence-electron chi connectivity index (χ1n) is 7.59. The van der Waals surface area contributed by atoms with Crippen molar-refractivity contribution in [2.24, 2.45) is 5.73 Å². The fourth-order valence-electron chi connectivity index (χ4n) is 3.77. The summed E-state index contributed by atoms with van der Waals surface area (Å²) in [4.78, 5) is 14.8. The number of carbonyl (C=O) groups excluding carboxylic acids is 1. The van der Waals surface area contributed by atoms with Crippen LogP contribution < -0.4 is 10.6 Å². The van der Waals surface area contributed by atoms with Crippen LogP contribution in [0.1, 0.15) is 33.8 Å². The SMILES string of the molecule is N[C@@H]1Cc2c(I)ccc3c2[C@@H](C1)CN3C(=O)c1ccccc1. The highest BCUT2D eigenvalue weighted by Gasteiger charge is 2.38. The Labute approximate surface area is 143 Å². The van der Waals surface area contributed by atoms with Gasteiger partial charge < -0.3 is 10.6 Å². The average molecular weight is 404 g/mol. The molecule has 0 saturated carbocycles. The van der Waals surface area contributed by atoms with E-state index in [1.807, 2.05) is 35.2 Å². The number of anilines is 1. The van der Waals surface area contributed by atoms with Crippen LogP contribution in [0.2, 0.25) is 0 Å². The highest BCUT2D eigenvalue weighted by molar-refractivity contribution is 14.1. The molecular weight excluding hydrogens is 387 g/mol. The molecule has 4 heteroatoms. The van der Waals surface area contributed by atoms with Gasteiger partial charge in [-0.25, -0.2) is 0 Å². The molecule has 22 heavy (non-hydrogen) atoms. The van der Waals surface area contributed by atoms with E-state index in [9.17, 15) is 4.79 Å². The summed E-state index contributed by atoms with van der Waals surface area (Å²) in [6, 6.07) is 13.9. The van der Waals surface area contributed by atoms with Crippen molar-refractivity contribution in [3.8, 4) is 0 Å². The highest BCUT2D eigenvalue weighted by Crippen LogP contribution is 2.46. The molecule has 2 atom stereocenters. The summed E-state index contributed by atoms with van der Waals surface area (Å²) < 4.78 is 1.27. The molecule has 4 rings (SSSR count). The van der Waals surface area contributed by atoms with Gasteiger partial charge in [0.15, 0.2) is 0 Å². The molecule has 0 fully saturated rings. The molecule has 0 aromatic heterocycles. The topological polar surface area (TPSA) is 46.3 Å². The van der Waals surface area contributed by atoms with Gasteiger partial charge in [-0.3, -0.25) is 4.79 Å². The van der Waals surface area contributed by atoms with Crippen molar-refractivity contribution in [1.29, 1.82) is 0 Å². The molecule has 0 bridgehead atoms. The number of benzene rings is 2. The first-order valence-corrected chi connectivity index (χ1v) is 8.67. The number of hydrogen-bond donors (Lipinski definition) is 1. The Kier molecular flexibility index (Phi) is 3.46. The van der Waals surface area contributed by atoms with E-state index in [2.05, 4.69) is 34.7 Å². The molecule has 2 aromatic rings. The number of nitrogens with two attached hydrogens (primary N) is 1. The largest absolute Gasteiger partial charge is 0.327 e. The Morgan fingerprint density at radius 2 is 1.95 bits per heavy atom. The summed E-state index contributed by atoms with van der Waals surface area (Å²) in [6.45, 7) is 0.754. The zero-order chi connectivity index (χ0) is 15.3. The molecule has 0 saturated heterocycles. The highest BCUT2D eigenvalue weighted by atomic mass is 127. The number of hydrogen-bond acceptors (Lipinski definition) is 2. The summed E-state index contributed by atoms with van der Waals surface area (Å²) in [6.07, 6.45) is 1.89. The van der Waals surface area contributed by atoms with E-state index in [4.69, 9.17) is 5.73 Å². The Morgan fingerprint density at radius 1 is 1.18 bits per heavy atom. The molecule has 1 amide bonds. The molecule has 3 nitrogen and oxygen atoms in total. The third kappa shape index (κ3) is 2.16. The summed E-state index contributed by atoms with van der Waals surface area (Å²) >= 11 is 2.38. The van der Waals surface area contributed by atoms with Crippen LogP contribution in [0, 0.1) is 3.57 Å². The van der Waals surface area contributed by atoms with Crippen molar-refractivity contribution in [3.63, 3.8) is 0 Å². The Bertz CT molecular complexity index is 744. The second-order valence-corrected chi connectivity index (χ2v) is 7.30. The van der Waals surface area contributed by atoms with E-state index in [1.165, 1.54) is 14.7 Å². The van der Waals surface area contributed by atoms with Gasteiger partial charge in [-0.15, -0.1) is 0 Å². The Morgan fingerprint density at radius 3 is 2.73 bits per heavy atom. The van der Waals surface area contributed by atoms with E-state index in [0.29, 0.717) is 5.92 Å². The quantitative estimate of drug-likeness (QED) is 0.742. The van der Waals surface area contributed by atoms with E-state index in [-0.39, 0.29) is 11.9 Å². The molecular formula is C18H17IN2O. The molecule has 0 spiro atoms. The molecule has 2 aromatic carbocycles. The standard InChI is InChI=1S/C18H17IN2O/c19-15-6-7-16-17-12(8-13(20)9-14(15)17)10-21(16)18(22)11-4-2-1-3-5-11/h1-7,12-13H,8-10,20H2/t12-,13-/m0/s1. The number of carbonyl (C=O) groups is 1. The van der Waals surface area contributed by atoms with E-state index < -0.39 is 0 Å². The monoisotopic (exact) mass is 404 g/mol. The molecule has 1 heterocycles. The maximum Gasteiger partial charge on any atom is 0.258 e. The summed E-state index contributed by atoms with van der Waals surface area (Å²) in [5.41, 5.74) is 10.8. The second kappa shape index (κ2) is 5.35. The number of nitrogens with zero attached hydrogens (tertiary/aromatic N) is 1. The van der Waals surface area contributed by atoms with Crippen LogP contribution in [0.15, 0.2) is 42.5 Å². The molecule has 112 valence electrons. The number of halogens is 1. The number of amides is 1. The first-order chi connectivity index (χ1) is 10.6. The van der Waals surface area contributed by atoms with Crippen LogP contribution in [0.3, 0.4) is 0 Å². The van der Waals surface area contributed by atoms with Crippen LogP contribution >= 0.6 is 22.6 Å². The molecule has 2 N–H and O–H groups in total. The lowest BCUT2D eigenvalue weighted by Gasteiger charge is -2.26. The maximum absolute atomic E-state index is 12.9. The normalized spacial score (nSPS) is 22.5. The third-order valence-corrected chi connectivity index (χ3v) is 5.71. The van der Waals surface area contributed by atoms with Gasteiger partial charge in [-0.2, -0.15) is 0 Å². The van der Waals surface area contributed by atoms with Crippen LogP contribution in [-0.2, 0) is 6.42 Å². The van der Waals surface area contributed by atoms with Crippen molar-refractivity contribution >= 4 is 34.2 Å². The second-order valence-electron chi connectivity index (χ2n) is 6.14. The third-order valence-electron chi connectivity index (χ3n) is 4.70. The predicted octanol–water partition coefficient (Wildman–Crippen LogP) is 3.31. The van der Waals surface area contributed by atoms with Crippen molar-refractivity contribution in [2.45, 2.75) is 24.8 Å². The summed E-state index contributed by atoms with van der Waals surface area (Å²) in [7, 11) is 0. The van der Waals surface area contributed by atoms with E-state index >= 15 is 0 Å². The van der Waals surface area contributed by atoms with Crippen molar-refractivity contribution < 1.29 is 4.79 Å². The van der Waals surface area contributed by atoms with Gasteiger partial charge in [0, 0.05) is 33.3 Å². The Balaban J connectivity index is 1.79. The predicted molar refractivity (Wildman–Crippen MR) is 96.3 cm³/mol. The zero-order valence-electron chi connectivity index (χ0n) is 12.1. The lowest BCUT2D eigenvalue weighted by Crippen LogP contribution is -2.33. The Hall–Kier alpha value is -1.40. The summed E-state index contributed by atoms with van der Waals surface area (Å²) in [5.74, 6) is 0.475. The maximum atomic E-state index is 12.9. The van der Waals surface area contributed by atoms with E-state index in [0.717, 1.165) is 30.6 Å². The minimum atomic E-state index is 0.0898. The van der Waals surface area contributed by atoms with Crippen molar-refractivity contribution in [2.75, 3.05) is 11.4 Å². The van der Waals surface area contributed by atoms with E-state index in [1.54, 1.807) is 0 Å². The van der Waals surface area contributed by atoms with Gasteiger partial charge in [0.2, 0.25) is 0 Å². The smallest absolute Gasteiger partial charge is 0.258 e. The minimum absolute atomic E-state index is 0.0898. The molecule has 0 unspecified atom stereocenters. The molecule has 1 aliphatic carbocycles. The van der Waals surface area contributed by atoms with Crippen LogP contribution in [0.5, 0.6) is 0 Å². The van der Waals surface area contributed by atoms with Gasteiger partial charge in [0.05, 0.1) is 0 Å². The van der Waals surface area contributed by atoms with Crippen molar-refractivity contribution in [3.05, 3.63) is 62.7 Å². The lowest BCUT2D eigenvalue weighted by molar-refractivity contribution is 0.0988. The van der Waals surface area contributed by atoms with Gasteiger partial charge >= 0.3 is 0 Å².